The molecule has 0 bridgehead atoms. The molecule has 0 aliphatic heterocycles. The van der Waals surface area contributed by atoms with Crippen molar-refractivity contribution in [2.24, 2.45) is 0 Å². The number of hydrogen-bond acceptors (Lipinski definition) is 3. The molecule has 0 aliphatic carbocycles. The van der Waals surface area contributed by atoms with E-state index in [0.717, 1.165) is 17.9 Å². The Bertz CT molecular complexity index is 336. The maximum atomic E-state index is 9.30. The van der Waals surface area contributed by atoms with Crippen LogP contribution in [0.5, 0.6) is 5.75 Å². The predicted molar refractivity (Wildman–Crippen MR) is 65.6 cm³/mol. The highest BCUT2D eigenvalue weighted by Gasteiger charge is 2.22. The van der Waals surface area contributed by atoms with Crippen LogP contribution in [-0.4, -0.2) is 36.3 Å². The van der Waals surface area contributed by atoms with Gasteiger partial charge in [-0.3, -0.25) is 4.90 Å². The SMILES string of the molecule is COc1ccccc1CN(C)C(C)(C)CO. The Morgan fingerprint density at radius 3 is 2.50 bits per heavy atom. The Morgan fingerprint density at radius 1 is 1.31 bits per heavy atom. The normalized spacial score (nSPS) is 11.9. The van der Waals surface area contributed by atoms with Gasteiger partial charge in [0, 0.05) is 17.6 Å². The van der Waals surface area contributed by atoms with Crippen molar-refractivity contribution in [2.45, 2.75) is 25.9 Å². The summed E-state index contributed by atoms with van der Waals surface area (Å²) < 4.78 is 5.30. The molecular weight excluding hydrogens is 202 g/mol. The van der Waals surface area contributed by atoms with Crippen LogP contribution in [0.3, 0.4) is 0 Å². The average Bonchev–Trinajstić information content (AvgIpc) is 2.29. The number of aliphatic hydroxyl groups is 1. The molecule has 1 aromatic carbocycles. The summed E-state index contributed by atoms with van der Waals surface area (Å²) in [7, 11) is 3.68. The van der Waals surface area contributed by atoms with Crippen LogP contribution in [0.2, 0.25) is 0 Å². The molecule has 1 rings (SSSR count). The molecule has 0 radical (unpaired) electrons. The third kappa shape index (κ3) is 2.97. The molecule has 3 heteroatoms. The second-order valence-corrected chi connectivity index (χ2v) is 4.64. The van der Waals surface area contributed by atoms with Gasteiger partial charge in [-0.2, -0.15) is 0 Å². The van der Waals surface area contributed by atoms with E-state index >= 15 is 0 Å². The average molecular weight is 223 g/mol. The van der Waals surface area contributed by atoms with Crippen molar-refractivity contribution in [1.82, 2.24) is 4.90 Å². The zero-order valence-corrected chi connectivity index (χ0v) is 10.5. The van der Waals surface area contributed by atoms with E-state index in [2.05, 4.69) is 4.90 Å². The smallest absolute Gasteiger partial charge is 0.123 e. The van der Waals surface area contributed by atoms with E-state index in [0.29, 0.717) is 0 Å². The van der Waals surface area contributed by atoms with E-state index in [1.165, 1.54) is 0 Å². The summed E-state index contributed by atoms with van der Waals surface area (Å²) >= 11 is 0. The van der Waals surface area contributed by atoms with Crippen molar-refractivity contribution in [1.29, 1.82) is 0 Å². The summed E-state index contributed by atoms with van der Waals surface area (Å²) in [4.78, 5) is 2.12. The first kappa shape index (κ1) is 13.0. The third-order valence-electron chi connectivity index (χ3n) is 3.02. The van der Waals surface area contributed by atoms with Crippen LogP contribution in [0, 0.1) is 0 Å². The summed E-state index contributed by atoms with van der Waals surface area (Å²) in [6.45, 7) is 4.93. The Kier molecular flexibility index (Phi) is 4.33. The number of nitrogens with zero attached hydrogens (tertiary/aromatic N) is 1. The van der Waals surface area contributed by atoms with E-state index in [1.807, 2.05) is 45.2 Å². The molecule has 0 unspecified atom stereocenters. The second kappa shape index (κ2) is 5.32. The van der Waals surface area contributed by atoms with E-state index in [1.54, 1.807) is 7.11 Å². The van der Waals surface area contributed by atoms with Gasteiger partial charge in [0.05, 0.1) is 13.7 Å². The molecule has 0 aliphatic rings. The molecule has 1 aromatic rings. The van der Waals surface area contributed by atoms with Crippen LogP contribution in [0.25, 0.3) is 0 Å². The van der Waals surface area contributed by atoms with Gasteiger partial charge < -0.3 is 9.84 Å². The van der Waals surface area contributed by atoms with Crippen LogP contribution in [0.15, 0.2) is 24.3 Å². The number of para-hydroxylation sites is 1. The lowest BCUT2D eigenvalue weighted by atomic mass is 10.0. The number of rotatable bonds is 5. The van der Waals surface area contributed by atoms with E-state index in [-0.39, 0.29) is 12.1 Å². The predicted octanol–water partition coefficient (Wildman–Crippen LogP) is 1.90. The van der Waals surface area contributed by atoms with Gasteiger partial charge in [-0.1, -0.05) is 18.2 Å². The number of likely N-dealkylation sites (N-methyl/N-ethyl adjacent to an activating group) is 1. The molecule has 0 amide bonds. The minimum atomic E-state index is -0.221. The lowest BCUT2D eigenvalue weighted by molar-refractivity contribution is 0.0728. The number of aliphatic hydroxyl groups excluding tert-OH is 1. The molecule has 16 heavy (non-hydrogen) atoms. The molecule has 0 saturated carbocycles. The molecule has 0 spiro atoms. The largest absolute Gasteiger partial charge is 0.496 e. The van der Waals surface area contributed by atoms with Crippen LogP contribution in [-0.2, 0) is 6.54 Å². The van der Waals surface area contributed by atoms with Crippen molar-refractivity contribution in [3.05, 3.63) is 29.8 Å². The first-order valence-corrected chi connectivity index (χ1v) is 5.45. The molecule has 1 N–H and O–H groups in total. The summed E-state index contributed by atoms with van der Waals surface area (Å²) in [6.07, 6.45) is 0. The lowest BCUT2D eigenvalue weighted by Crippen LogP contribution is -2.43. The summed E-state index contributed by atoms with van der Waals surface area (Å²) in [5, 5.41) is 9.30. The maximum absolute atomic E-state index is 9.30. The summed E-state index contributed by atoms with van der Waals surface area (Å²) in [5.41, 5.74) is 0.912. The monoisotopic (exact) mass is 223 g/mol. The first-order valence-electron chi connectivity index (χ1n) is 5.45. The van der Waals surface area contributed by atoms with Crippen molar-refractivity contribution in [3.63, 3.8) is 0 Å². The van der Waals surface area contributed by atoms with Gasteiger partial charge in [0.25, 0.3) is 0 Å². The third-order valence-corrected chi connectivity index (χ3v) is 3.02. The summed E-state index contributed by atoms with van der Waals surface area (Å²) in [6, 6.07) is 7.95. The maximum Gasteiger partial charge on any atom is 0.123 e. The summed E-state index contributed by atoms with van der Waals surface area (Å²) in [5.74, 6) is 0.892. The molecule has 0 atom stereocenters. The Labute approximate surface area is 97.7 Å². The topological polar surface area (TPSA) is 32.7 Å². The van der Waals surface area contributed by atoms with Gasteiger partial charge in [0.1, 0.15) is 5.75 Å². The van der Waals surface area contributed by atoms with Crippen molar-refractivity contribution in [2.75, 3.05) is 20.8 Å². The number of benzene rings is 1. The number of hydrogen-bond donors (Lipinski definition) is 1. The minimum absolute atomic E-state index is 0.138. The van der Waals surface area contributed by atoms with Crippen molar-refractivity contribution >= 4 is 0 Å². The van der Waals surface area contributed by atoms with Crippen LogP contribution >= 0.6 is 0 Å². The fourth-order valence-corrected chi connectivity index (χ4v) is 1.42. The van der Waals surface area contributed by atoms with Gasteiger partial charge in [-0.25, -0.2) is 0 Å². The Hall–Kier alpha value is -1.06. The molecular formula is C13H21NO2. The zero-order valence-electron chi connectivity index (χ0n) is 10.5. The Morgan fingerprint density at radius 2 is 1.94 bits per heavy atom. The van der Waals surface area contributed by atoms with Gasteiger partial charge in [0.2, 0.25) is 0 Å². The molecule has 0 heterocycles. The molecule has 0 fully saturated rings. The second-order valence-electron chi connectivity index (χ2n) is 4.64. The highest BCUT2D eigenvalue weighted by Crippen LogP contribution is 2.22. The van der Waals surface area contributed by atoms with Gasteiger partial charge in [0.15, 0.2) is 0 Å². The van der Waals surface area contributed by atoms with E-state index in [9.17, 15) is 5.11 Å². The van der Waals surface area contributed by atoms with Crippen LogP contribution in [0.1, 0.15) is 19.4 Å². The van der Waals surface area contributed by atoms with Crippen LogP contribution < -0.4 is 4.74 Å². The molecule has 0 aromatic heterocycles. The van der Waals surface area contributed by atoms with E-state index in [4.69, 9.17) is 4.74 Å². The fourth-order valence-electron chi connectivity index (χ4n) is 1.42. The zero-order chi connectivity index (χ0) is 12.2. The quantitative estimate of drug-likeness (QED) is 0.827. The van der Waals surface area contributed by atoms with Crippen molar-refractivity contribution in [3.8, 4) is 5.75 Å². The molecule has 0 saturated heterocycles. The highest BCUT2D eigenvalue weighted by molar-refractivity contribution is 5.33. The Balaban J connectivity index is 2.80. The van der Waals surface area contributed by atoms with Crippen LogP contribution in [0.4, 0.5) is 0 Å². The fraction of sp³-hybridized carbons (Fsp3) is 0.538. The molecule has 90 valence electrons. The van der Waals surface area contributed by atoms with E-state index < -0.39 is 0 Å². The van der Waals surface area contributed by atoms with Gasteiger partial charge in [-0.15, -0.1) is 0 Å². The van der Waals surface area contributed by atoms with Gasteiger partial charge in [-0.05, 0) is 27.0 Å². The number of methoxy groups -OCH3 is 1. The minimum Gasteiger partial charge on any atom is -0.496 e. The van der Waals surface area contributed by atoms with Crippen molar-refractivity contribution < 1.29 is 9.84 Å². The van der Waals surface area contributed by atoms with Gasteiger partial charge >= 0.3 is 0 Å². The standard InChI is InChI=1S/C13H21NO2/c1-13(2,10-15)14(3)9-11-7-5-6-8-12(11)16-4/h5-8,15H,9-10H2,1-4H3. The first-order chi connectivity index (χ1) is 7.51. The number of ether oxygens (including phenoxy) is 1. The highest BCUT2D eigenvalue weighted by atomic mass is 16.5. The lowest BCUT2D eigenvalue weighted by Gasteiger charge is -2.34. The molecule has 3 nitrogen and oxygen atoms in total.